The maximum atomic E-state index is 12.2. The number of carbonyl (C=O) groups is 2. The molecule has 0 aliphatic carbocycles. The number of hydrogen-bond donors (Lipinski definition) is 1. The number of hydrogen-bond acceptors (Lipinski definition) is 3. The zero-order chi connectivity index (χ0) is 17.6. The zero-order valence-electron chi connectivity index (χ0n) is 14.3. The van der Waals surface area contributed by atoms with Gasteiger partial charge in [0.25, 0.3) is 5.91 Å². The summed E-state index contributed by atoms with van der Waals surface area (Å²) in [5.74, 6) is 1.11. The Bertz CT molecular complexity index is 728. The number of benzene rings is 2. The van der Waals surface area contributed by atoms with Crippen LogP contribution in [0.3, 0.4) is 0 Å². The number of carbonyl (C=O) groups excluding carboxylic acids is 2. The summed E-state index contributed by atoms with van der Waals surface area (Å²) >= 11 is 0. The van der Waals surface area contributed by atoms with E-state index in [1.807, 2.05) is 42.2 Å². The second-order valence-corrected chi connectivity index (χ2v) is 6.20. The van der Waals surface area contributed by atoms with Gasteiger partial charge >= 0.3 is 0 Å². The predicted octanol–water partition coefficient (Wildman–Crippen LogP) is 3.22. The van der Waals surface area contributed by atoms with Gasteiger partial charge in [0.05, 0.1) is 6.54 Å². The summed E-state index contributed by atoms with van der Waals surface area (Å²) in [6.07, 6.45) is 2.06. The summed E-state index contributed by atoms with van der Waals surface area (Å²) in [6.45, 7) is 2.85. The fraction of sp³-hybridized carbons (Fsp3) is 0.300. The van der Waals surface area contributed by atoms with E-state index in [-0.39, 0.29) is 24.4 Å². The van der Waals surface area contributed by atoms with Crippen molar-refractivity contribution in [3.8, 4) is 11.5 Å². The SMILES string of the molecule is CC1CCCN1C(=O)CNC(=O)c1ccc(Oc2ccccc2)cc1. The van der Waals surface area contributed by atoms with Gasteiger partial charge in [0.1, 0.15) is 11.5 Å². The molecule has 1 unspecified atom stereocenters. The Labute approximate surface area is 147 Å². The van der Waals surface area contributed by atoms with E-state index in [1.54, 1.807) is 24.3 Å². The minimum absolute atomic E-state index is 0.0256. The summed E-state index contributed by atoms with van der Waals surface area (Å²) in [4.78, 5) is 26.2. The van der Waals surface area contributed by atoms with Crippen LogP contribution in [-0.4, -0.2) is 35.8 Å². The Hall–Kier alpha value is -2.82. The van der Waals surface area contributed by atoms with Gasteiger partial charge in [-0.15, -0.1) is 0 Å². The van der Waals surface area contributed by atoms with Crippen molar-refractivity contribution in [3.63, 3.8) is 0 Å². The van der Waals surface area contributed by atoms with Crippen LogP contribution in [0.1, 0.15) is 30.1 Å². The molecule has 0 saturated carbocycles. The molecule has 2 aromatic carbocycles. The Balaban J connectivity index is 1.53. The first kappa shape index (κ1) is 17.0. The zero-order valence-corrected chi connectivity index (χ0v) is 14.3. The summed E-state index contributed by atoms with van der Waals surface area (Å²) in [5, 5.41) is 2.69. The first-order chi connectivity index (χ1) is 12.1. The number of amides is 2. The highest BCUT2D eigenvalue weighted by Crippen LogP contribution is 2.21. The van der Waals surface area contributed by atoms with Gasteiger partial charge in [-0.25, -0.2) is 0 Å². The average molecular weight is 338 g/mol. The van der Waals surface area contributed by atoms with E-state index in [9.17, 15) is 9.59 Å². The van der Waals surface area contributed by atoms with Gasteiger partial charge in [-0.2, -0.15) is 0 Å². The molecule has 1 N–H and O–H groups in total. The van der Waals surface area contributed by atoms with Crippen molar-refractivity contribution in [1.82, 2.24) is 10.2 Å². The Kier molecular flexibility index (Phi) is 5.33. The minimum Gasteiger partial charge on any atom is -0.457 e. The molecule has 1 aliphatic rings. The number of nitrogens with zero attached hydrogens (tertiary/aromatic N) is 1. The quantitative estimate of drug-likeness (QED) is 0.911. The highest BCUT2D eigenvalue weighted by atomic mass is 16.5. The Morgan fingerprint density at radius 3 is 2.40 bits per heavy atom. The molecular formula is C20H22N2O3. The lowest BCUT2D eigenvalue weighted by Crippen LogP contribution is -2.41. The molecule has 2 amide bonds. The molecule has 1 heterocycles. The molecule has 1 fully saturated rings. The first-order valence-electron chi connectivity index (χ1n) is 8.54. The van der Waals surface area contributed by atoms with Crippen molar-refractivity contribution < 1.29 is 14.3 Å². The first-order valence-corrected chi connectivity index (χ1v) is 8.54. The third kappa shape index (κ3) is 4.38. The van der Waals surface area contributed by atoms with Crippen molar-refractivity contribution in [2.75, 3.05) is 13.1 Å². The molecule has 3 rings (SSSR count). The van der Waals surface area contributed by atoms with Crippen molar-refractivity contribution >= 4 is 11.8 Å². The van der Waals surface area contributed by atoms with Crippen molar-refractivity contribution in [2.45, 2.75) is 25.8 Å². The van der Waals surface area contributed by atoms with E-state index >= 15 is 0 Å². The number of para-hydroxylation sites is 1. The lowest BCUT2D eigenvalue weighted by Gasteiger charge is -2.21. The van der Waals surface area contributed by atoms with Crippen molar-refractivity contribution in [1.29, 1.82) is 0 Å². The monoisotopic (exact) mass is 338 g/mol. The second-order valence-electron chi connectivity index (χ2n) is 6.20. The van der Waals surface area contributed by atoms with E-state index in [4.69, 9.17) is 4.74 Å². The van der Waals surface area contributed by atoms with E-state index in [2.05, 4.69) is 5.32 Å². The van der Waals surface area contributed by atoms with E-state index in [1.165, 1.54) is 0 Å². The van der Waals surface area contributed by atoms with Crippen LogP contribution >= 0.6 is 0 Å². The van der Waals surface area contributed by atoms with Gasteiger partial charge in [-0.05, 0) is 56.2 Å². The van der Waals surface area contributed by atoms with Crippen molar-refractivity contribution in [3.05, 3.63) is 60.2 Å². The van der Waals surface area contributed by atoms with Gasteiger partial charge in [0, 0.05) is 18.2 Å². The van der Waals surface area contributed by atoms with Crippen LogP contribution < -0.4 is 10.1 Å². The molecule has 25 heavy (non-hydrogen) atoms. The molecule has 0 spiro atoms. The highest BCUT2D eigenvalue weighted by molar-refractivity contribution is 5.96. The minimum atomic E-state index is -0.258. The fourth-order valence-electron chi connectivity index (χ4n) is 2.96. The van der Waals surface area contributed by atoms with Crippen LogP contribution in [0.25, 0.3) is 0 Å². The van der Waals surface area contributed by atoms with Crippen LogP contribution in [0.4, 0.5) is 0 Å². The second kappa shape index (κ2) is 7.83. The maximum absolute atomic E-state index is 12.2. The van der Waals surface area contributed by atoms with Gasteiger partial charge in [-0.1, -0.05) is 18.2 Å². The van der Waals surface area contributed by atoms with E-state index in [0.717, 1.165) is 25.1 Å². The maximum Gasteiger partial charge on any atom is 0.251 e. The molecule has 130 valence electrons. The number of nitrogens with one attached hydrogen (secondary N) is 1. The highest BCUT2D eigenvalue weighted by Gasteiger charge is 2.25. The molecule has 0 bridgehead atoms. The van der Waals surface area contributed by atoms with Crippen molar-refractivity contribution in [2.24, 2.45) is 0 Å². The van der Waals surface area contributed by atoms with Crippen LogP contribution in [0.15, 0.2) is 54.6 Å². The third-order valence-electron chi connectivity index (χ3n) is 4.37. The Morgan fingerprint density at radius 1 is 1.08 bits per heavy atom. The van der Waals surface area contributed by atoms with Gasteiger partial charge in [-0.3, -0.25) is 9.59 Å². The summed E-state index contributed by atoms with van der Waals surface area (Å²) in [5.41, 5.74) is 0.502. The lowest BCUT2D eigenvalue weighted by molar-refractivity contribution is -0.130. The van der Waals surface area contributed by atoms with Crippen LogP contribution in [0.5, 0.6) is 11.5 Å². The fourth-order valence-corrected chi connectivity index (χ4v) is 2.96. The number of likely N-dealkylation sites (tertiary alicyclic amines) is 1. The normalized spacial score (nSPS) is 16.5. The van der Waals surface area contributed by atoms with Crippen LogP contribution in [0.2, 0.25) is 0 Å². The van der Waals surface area contributed by atoms with Gasteiger partial charge in [0.15, 0.2) is 0 Å². The van der Waals surface area contributed by atoms with Crippen LogP contribution in [0, 0.1) is 0 Å². The predicted molar refractivity (Wildman–Crippen MR) is 95.7 cm³/mol. The molecule has 2 aromatic rings. The summed E-state index contributed by atoms with van der Waals surface area (Å²) in [6, 6.07) is 16.6. The average Bonchev–Trinajstić information content (AvgIpc) is 3.07. The molecule has 1 aliphatic heterocycles. The standard InChI is InChI=1S/C20H22N2O3/c1-15-6-5-13-22(15)19(23)14-21-20(24)16-9-11-18(12-10-16)25-17-7-3-2-4-8-17/h2-4,7-12,15H,5-6,13-14H2,1H3,(H,21,24). The van der Waals surface area contributed by atoms with Gasteiger partial charge < -0.3 is 15.0 Å². The van der Waals surface area contributed by atoms with Gasteiger partial charge in [0.2, 0.25) is 5.91 Å². The summed E-state index contributed by atoms with van der Waals surface area (Å²) in [7, 11) is 0. The molecular weight excluding hydrogens is 316 g/mol. The lowest BCUT2D eigenvalue weighted by atomic mass is 10.2. The topological polar surface area (TPSA) is 58.6 Å². The summed E-state index contributed by atoms with van der Waals surface area (Å²) < 4.78 is 5.70. The smallest absolute Gasteiger partial charge is 0.251 e. The Morgan fingerprint density at radius 2 is 1.76 bits per heavy atom. The largest absolute Gasteiger partial charge is 0.457 e. The molecule has 0 aromatic heterocycles. The number of rotatable bonds is 5. The molecule has 5 heteroatoms. The van der Waals surface area contributed by atoms with E-state index in [0.29, 0.717) is 11.3 Å². The molecule has 1 saturated heterocycles. The molecule has 1 atom stereocenters. The van der Waals surface area contributed by atoms with E-state index < -0.39 is 0 Å². The van der Waals surface area contributed by atoms with Crippen LogP contribution in [-0.2, 0) is 4.79 Å². The molecule has 0 radical (unpaired) electrons. The number of ether oxygens (including phenoxy) is 1. The third-order valence-corrected chi connectivity index (χ3v) is 4.37. The molecule has 5 nitrogen and oxygen atoms in total.